The monoisotopic (exact) mass is 405 g/mol. The van der Waals surface area contributed by atoms with Crippen LogP contribution in [-0.4, -0.2) is 39.0 Å². The summed E-state index contributed by atoms with van der Waals surface area (Å²) in [5.74, 6) is 2.25. The number of rotatable bonds is 5. The molecule has 1 fully saturated rings. The molecule has 1 aliphatic heterocycles. The van der Waals surface area contributed by atoms with Gasteiger partial charge in [-0.15, -0.1) is 0 Å². The number of carbonyl (C=O) groups is 1. The van der Waals surface area contributed by atoms with Crippen molar-refractivity contribution in [3.8, 4) is 5.75 Å². The van der Waals surface area contributed by atoms with Gasteiger partial charge in [0.25, 0.3) is 0 Å². The van der Waals surface area contributed by atoms with E-state index in [0.717, 1.165) is 33.7 Å². The summed E-state index contributed by atoms with van der Waals surface area (Å²) in [6, 6.07) is 14.4. The summed E-state index contributed by atoms with van der Waals surface area (Å²) in [5.41, 5.74) is 4.19. The molecule has 30 heavy (non-hydrogen) atoms. The van der Waals surface area contributed by atoms with Crippen molar-refractivity contribution >= 4 is 16.9 Å². The predicted octanol–water partition coefficient (Wildman–Crippen LogP) is 4.85. The van der Waals surface area contributed by atoms with Crippen molar-refractivity contribution in [3.63, 3.8) is 0 Å². The number of amides is 1. The van der Waals surface area contributed by atoms with Crippen LogP contribution in [0.25, 0.3) is 11.0 Å². The number of imidazole rings is 1. The van der Waals surface area contributed by atoms with E-state index in [9.17, 15) is 4.79 Å². The number of benzene rings is 2. The molecular formula is C25H31N3O2. The highest BCUT2D eigenvalue weighted by Gasteiger charge is 2.38. The maximum Gasteiger partial charge on any atom is 0.223 e. The van der Waals surface area contributed by atoms with Gasteiger partial charge in [-0.2, -0.15) is 0 Å². The van der Waals surface area contributed by atoms with Crippen LogP contribution in [0, 0.1) is 13.8 Å². The van der Waals surface area contributed by atoms with Crippen LogP contribution in [0.5, 0.6) is 5.75 Å². The Morgan fingerprint density at radius 1 is 1.07 bits per heavy atom. The first-order valence-corrected chi connectivity index (χ1v) is 10.7. The van der Waals surface area contributed by atoms with Crippen LogP contribution in [0.4, 0.5) is 0 Å². The van der Waals surface area contributed by atoms with Gasteiger partial charge in [-0.25, -0.2) is 4.98 Å². The second-order valence-electron chi connectivity index (χ2n) is 9.26. The van der Waals surface area contributed by atoms with E-state index >= 15 is 0 Å². The van der Waals surface area contributed by atoms with Gasteiger partial charge in [0.05, 0.1) is 17.6 Å². The summed E-state index contributed by atoms with van der Waals surface area (Å²) in [6.07, 6.45) is 0.512. The number of nitrogens with zero attached hydrogens (tertiary/aromatic N) is 3. The lowest BCUT2D eigenvalue weighted by Crippen LogP contribution is -2.42. The third-order valence-corrected chi connectivity index (χ3v) is 5.95. The average molecular weight is 406 g/mol. The Morgan fingerprint density at radius 3 is 2.43 bits per heavy atom. The van der Waals surface area contributed by atoms with Crippen LogP contribution in [0.1, 0.15) is 50.1 Å². The molecule has 2 heterocycles. The summed E-state index contributed by atoms with van der Waals surface area (Å²) in [7, 11) is 0. The SMILES string of the molecule is Cc1cccc(C)c1OCCn1c([C@@H]2CC(=O)N(C(C)(C)C)C2)nc2ccccc21. The van der Waals surface area contributed by atoms with E-state index in [1.165, 1.54) is 0 Å². The number of para-hydroxylation sites is 3. The molecule has 1 aliphatic rings. The van der Waals surface area contributed by atoms with Crippen molar-refractivity contribution < 1.29 is 9.53 Å². The van der Waals surface area contributed by atoms with E-state index in [-0.39, 0.29) is 17.4 Å². The molecule has 0 spiro atoms. The van der Waals surface area contributed by atoms with Gasteiger partial charge in [0, 0.05) is 24.4 Å². The molecule has 3 aromatic rings. The molecule has 4 rings (SSSR count). The molecule has 1 atom stereocenters. The fraction of sp³-hybridized carbons (Fsp3) is 0.440. The van der Waals surface area contributed by atoms with E-state index in [1.807, 2.05) is 23.1 Å². The summed E-state index contributed by atoms with van der Waals surface area (Å²) in [6.45, 7) is 12.4. The molecule has 0 radical (unpaired) electrons. The minimum atomic E-state index is -0.172. The van der Waals surface area contributed by atoms with Crippen molar-refractivity contribution in [2.24, 2.45) is 0 Å². The first-order chi connectivity index (χ1) is 14.3. The summed E-state index contributed by atoms with van der Waals surface area (Å²) >= 11 is 0. The minimum Gasteiger partial charge on any atom is -0.491 e. The molecule has 0 aliphatic carbocycles. The highest BCUT2D eigenvalue weighted by molar-refractivity contribution is 5.81. The molecule has 0 bridgehead atoms. The summed E-state index contributed by atoms with van der Waals surface area (Å²) < 4.78 is 8.42. The van der Waals surface area contributed by atoms with Crippen molar-refractivity contribution in [2.45, 2.75) is 59.0 Å². The van der Waals surface area contributed by atoms with Crippen molar-refractivity contribution in [1.29, 1.82) is 0 Å². The average Bonchev–Trinajstić information content (AvgIpc) is 3.25. The molecule has 158 valence electrons. The van der Waals surface area contributed by atoms with Crippen molar-refractivity contribution in [3.05, 3.63) is 59.4 Å². The number of carbonyl (C=O) groups excluding carboxylic acids is 1. The Kier molecular flexibility index (Phi) is 5.31. The standard InChI is InChI=1S/C25H31N3O2/c1-17-9-8-10-18(2)23(17)30-14-13-27-21-12-7-6-11-20(21)26-24(27)19-15-22(29)28(16-19)25(3,4)5/h6-12,19H,13-16H2,1-5H3/t19-/m1/s1. The zero-order valence-corrected chi connectivity index (χ0v) is 18.6. The van der Waals surface area contributed by atoms with Gasteiger partial charge in [-0.3, -0.25) is 4.79 Å². The molecule has 0 N–H and O–H groups in total. The molecule has 1 amide bonds. The molecular weight excluding hydrogens is 374 g/mol. The first-order valence-electron chi connectivity index (χ1n) is 10.7. The Hall–Kier alpha value is -2.82. The zero-order valence-electron chi connectivity index (χ0n) is 18.6. The van der Waals surface area contributed by atoms with Crippen LogP contribution in [0.3, 0.4) is 0 Å². The molecule has 1 saturated heterocycles. The number of likely N-dealkylation sites (tertiary alicyclic amines) is 1. The molecule has 5 heteroatoms. The Balaban J connectivity index is 1.61. The van der Waals surface area contributed by atoms with Gasteiger partial charge in [0.1, 0.15) is 18.2 Å². The van der Waals surface area contributed by atoms with Gasteiger partial charge in [0.15, 0.2) is 0 Å². The van der Waals surface area contributed by atoms with Gasteiger partial charge in [0.2, 0.25) is 5.91 Å². The lowest BCUT2D eigenvalue weighted by molar-refractivity contribution is -0.131. The number of hydrogen-bond acceptors (Lipinski definition) is 3. The largest absolute Gasteiger partial charge is 0.491 e. The molecule has 5 nitrogen and oxygen atoms in total. The lowest BCUT2D eigenvalue weighted by Gasteiger charge is -2.32. The van der Waals surface area contributed by atoms with Crippen LogP contribution < -0.4 is 4.74 Å². The lowest BCUT2D eigenvalue weighted by atomic mass is 10.1. The predicted molar refractivity (Wildman–Crippen MR) is 120 cm³/mol. The Morgan fingerprint density at radius 2 is 1.77 bits per heavy atom. The number of aromatic nitrogens is 2. The fourth-order valence-electron chi connectivity index (χ4n) is 4.44. The van der Waals surface area contributed by atoms with E-state index in [0.29, 0.717) is 26.1 Å². The number of fused-ring (bicyclic) bond motifs is 1. The van der Waals surface area contributed by atoms with E-state index in [4.69, 9.17) is 9.72 Å². The summed E-state index contributed by atoms with van der Waals surface area (Å²) in [5, 5.41) is 0. The quantitative estimate of drug-likeness (QED) is 0.610. The van der Waals surface area contributed by atoms with Crippen molar-refractivity contribution in [1.82, 2.24) is 14.5 Å². The summed E-state index contributed by atoms with van der Waals surface area (Å²) in [4.78, 5) is 19.6. The number of ether oxygens (including phenoxy) is 1. The molecule has 2 aromatic carbocycles. The minimum absolute atomic E-state index is 0.101. The smallest absolute Gasteiger partial charge is 0.223 e. The van der Waals surface area contributed by atoms with Gasteiger partial charge >= 0.3 is 0 Å². The fourth-order valence-corrected chi connectivity index (χ4v) is 4.44. The van der Waals surface area contributed by atoms with E-state index in [2.05, 4.69) is 63.5 Å². The van der Waals surface area contributed by atoms with Crippen LogP contribution in [0.15, 0.2) is 42.5 Å². The third kappa shape index (κ3) is 3.81. The number of aryl methyl sites for hydroxylation is 2. The second-order valence-corrected chi connectivity index (χ2v) is 9.26. The highest BCUT2D eigenvalue weighted by Crippen LogP contribution is 2.34. The number of hydrogen-bond donors (Lipinski definition) is 0. The van der Waals surface area contributed by atoms with E-state index in [1.54, 1.807) is 0 Å². The first kappa shape index (κ1) is 20.5. The van der Waals surface area contributed by atoms with Crippen LogP contribution in [0.2, 0.25) is 0 Å². The maximum absolute atomic E-state index is 12.7. The second kappa shape index (κ2) is 7.78. The molecule has 0 unspecified atom stereocenters. The topological polar surface area (TPSA) is 47.4 Å². The normalized spacial score (nSPS) is 17.2. The van der Waals surface area contributed by atoms with Crippen LogP contribution in [-0.2, 0) is 11.3 Å². The van der Waals surface area contributed by atoms with E-state index < -0.39 is 0 Å². The molecule has 1 aromatic heterocycles. The van der Waals surface area contributed by atoms with Gasteiger partial charge in [-0.1, -0.05) is 30.3 Å². The third-order valence-electron chi connectivity index (χ3n) is 5.95. The molecule has 0 saturated carbocycles. The van der Waals surface area contributed by atoms with Gasteiger partial charge in [-0.05, 0) is 57.9 Å². The Bertz CT molecular complexity index is 1060. The van der Waals surface area contributed by atoms with Crippen molar-refractivity contribution in [2.75, 3.05) is 13.2 Å². The Labute approximate surface area is 178 Å². The van der Waals surface area contributed by atoms with Gasteiger partial charge < -0.3 is 14.2 Å². The maximum atomic E-state index is 12.7. The highest BCUT2D eigenvalue weighted by atomic mass is 16.5. The zero-order chi connectivity index (χ0) is 21.5. The van der Waals surface area contributed by atoms with Crippen LogP contribution >= 0.6 is 0 Å².